The first-order valence-electron chi connectivity index (χ1n) is 4.43. The topological polar surface area (TPSA) is 44.1 Å². The monoisotopic (exact) mass is 260 g/mol. The molecule has 0 spiro atoms. The van der Waals surface area contributed by atoms with Crippen LogP contribution in [0.25, 0.3) is 0 Å². The summed E-state index contributed by atoms with van der Waals surface area (Å²) >= 11 is 3.25. The Bertz CT molecular complexity index is 362. The molecular weight excluding hydrogens is 248 g/mol. The predicted molar refractivity (Wildman–Crippen MR) is 57.5 cm³/mol. The van der Waals surface area contributed by atoms with Gasteiger partial charge < -0.3 is 4.74 Å². The molecule has 0 aliphatic rings. The highest BCUT2D eigenvalue weighted by molar-refractivity contribution is 9.10. The van der Waals surface area contributed by atoms with E-state index < -0.39 is 0 Å². The van der Waals surface area contributed by atoms with Gasteiger partial charge in [0.15, 0.2) is 0 Å². The number of aromatic nitrogens is 2. The maximum absolute atomic E-state index is 11.7. The average molecular weight is 261 g/mol. The summed E-state index contributed by atoms with van der Waals surface area (Å²) in [5, 5.41) is 0. The Labute approximate surface area is 91.0 Å². The third-order valence-electron chi connectivity index (χ3n) is 1.93. The van der Waals surface area contributed by atoms with Crippen molar-refractivity contribution in [1.82, 2.24) is 9.55 Å². The van der Waals surface area contributed by atoms with E-state index in [-0.39, 0.29) is 5.56 Å². The van der Waals surface area contributed by atoms with Crippen LogP contribution < -0.4 is 5.56 Å². The number of methoxy groups -OCH3 is 1. The standard InChI is InChI=1S/C9H13BrN2O2/c1-3-7-8(10)9(13)12(6-11-7)4-5-14-2/h6H,3-5H2,1-2H3. The maximum atomic E-state index is 11.7. The maximum Gasteiger partial charge on any atom is 0.267 e. The van der Waals surface area contributed by atoms with E-state index >= 15 is 0 Å². The lowest BCUT2D eigenvalue weighted by Gasteiger charge is -2.06. The van der Waals surface area contributed by atoms with E-state index in [0.717, 1.165) is 12.1 Å². The first kappa shape index (κ1) is 11.4. The molecule has 78 valence electrons. The lowest BCUT2D eigenvalue weighted by atomic mass is 10.3. The van der Waals surface area contributed by atoms with Gasteiger partial charge in [0.1, 0.15) is 4.47 Å². The lowest BCUT2D eigenvalue weighted by Crippen LogP contribution is -2.24. The lowest BCUT2D eigenvalue weighted by molar-refractivity contribution is 0.185. The van der Waals surface area contributed by atoms with Gasteiger partial charge in [0, 0.05) is 7.11 Å². The normalized spacial score (nSPS) is 10.5. The van der Waals surface area contributed by atoms with Gasteiger partial charge in [0.05, 0.1) is 25.2 Å². The van der Waals surface area contributed by atoms with Gasteiger partial charge in [0.2, 0.25) is 0 Å². The molecule has 0 aliphatic heterocycles. The van der Waals surface area contributed by atoms with Gasteiger partial charge in [-0.25, -0.2) is 4.98 Å². The minimum Gasteiger partial charge on any atom is -0.383 e. The third-order valence-corrected chi connectivity index (χ3v) is 2.72. The molecule has 4 nitrogen and oxygen atoms in total. The van der Waals surface area contributed by atoms with E-state index in [4.69, 9.17) is 4.74 Å². The van der Waals surface area contributed by atoms with Crippen LogP contribution in [0.15, 0.2) is 15.6 Å². The van der Waals surface area contributed by atoms with Crippen LogP contribution in [-0.4, -0.2) is 23.3 Å². The molecule has 0 saturated carbocycles. The Morgan fingerprint density at radius 3 is 2.93 bits per heavy atom. The van der Waals surface area contributed by atoms with E-state index in [1.165, 1.54) is 4.57 Å². The number of ether oxygens (including phenoxy) is 1. The largest absolute Gasteiger partial charge is 0.383 e. The predicted octanol–water partition coefficient (Wildman–Crippen LogP) is 1.21. The molecule has 0 fully saturated rings. The molecule has 0 unspecified atom stereocenters. The zero-order valence-electron chi connectivity index (χ0n) is 8.29. The number of nitrogens with zero attached hydrogens (tertiary/aromatic N) is 2. The summed E-state index contributed by atoms with van der Waals surface area (Å²) in [6, 6.07) is 0. The first-order chi connectivity index (χ1) is 6.70. The Balaban J connectivity index is 2.99. The fourth-order valence-corrected chi connectivity index (χ4v) is 1.70. The van der Waals surface area contributed by atoms with Gasteiger partial charge in [-0.2, -0.15) is 0 Å². The average Bonchev–Trinajstić information content (AvgIpc) is 2.20. The third kappa shape index (κ3) is 2.42. The van der Waals surface area contributed by atoms with Crippen molar-refractivity contribution < 1.29 is 4.74 Å². The smallest absolute Gasteiger partial charge is 0.267 e. The molecule has 5 heteroatoms. The van der Waals surface area contributed by atoms with Crippen LogP contribution in [0, 0.1) is 0 Å². The second kappa shape index (κ2) is 5.26. The summed E-state index contributed by atoms with van der Waals surface area (Å²) in [6.45, 7) is 3.01. The second-order valence-electron chi connectivity index (χ2n) is 2.85. The van der Waals surface area contributed by atoms with Crippen LogP contribution in [0.2, 0.25) is 0 Å². The van der Waals surface area contributed by atoms with Crippen molar-refractivity contribution >= 4 is 15.9 Å². The molecular formula is C9H13BrN2O2. The Kier molecular flexibility index (Phi) is 4.28. The fourth-order valence-electron chi connectivity index (χ4n) is 1.09. The van der Waals surface area contributed by atoms with Crippen LogP contribution >= 0.6 is 15.9 Å². The van der Waals surface area contributed by atoms with Crippen LogP contribution in [0.5, 0.6) is 0 Å². The van der Waals surface area contributed by atoms with E-state index in [2.05, 4.69) is 20.9 Å². The van der Waals surface area contributed by atoms with Gasteiger partial charge >= 0.3 is 0 Å². The SMILES string of the molecule is CCc1ncn(CCOC)c(=O)c1Br. The molecule has 0 aliphatic carbocycles. The van der Waals surface area contributed by atoms with E-state index in [9.17, 15) is 4.79 Å². The summed E-state index contributed by atoms with van der Waals surface area (Å²) in [4.78, 5) is 15.8. The van der Waals surface area contributed by atoms with Crippen molar-refractivity contribution in [2.75, 3.05) is 13.7 Å². The van der Waals surface area contributed by atoms with Crippen molar-refractivity contribution in [1.29, 1.82) is 0 Å². The molecule has 1 aromatic heterocycles. The number of halogens is 1. The van der Waals surface area contributed by atoms with Crippen molar-refractivity contribution in [3.63, 3.8) is 0 Å². The molecule has 14 heavy (non-hydrogen) atoms. The highest BCUT2D eigenvalue weighted by Crippen LogP contribution is 2.08. The number of aryl methyl sites for hydroxylation is 1. The number of rotatable bonds is 4. The summed E-state index contributed by atoms with van der Waals surface area (Å²) in [7, 11) is 1.61. The van der Waals surface area contributed by atoms with Gasteiger partial charge in [-0.15, -0.1) is 0 Å². The number of hydrogen-bond donors (Lipinski definition) is 0. The van der Waals surface area contributed by atoms with Crippen LogP contribution in [0.1, 0.15) is 12.6 Å². The fraction of sp³-hybridized carbons (Fsp3) is 0.556. The highest BCUT2D eigenvalue weighted by atomic mass is 79.9. The molecule has 0 bridgehead atoms. The van der Waals surface area contributed by atoms with Gasteiger partial charge in [-0.05, 0) is 22.4 Å². The Hall–Kier alpha value is -0.680. The Morgan fingerprint density at radius 1 is 1.64 bits per heavy atom. The molecule has 1 heterocycles. The number of hydrogen-bond acceptors (Lipinski definition) is 3. The quantitative estimate of drug-likeness (QED) is 0.818. The van der Waals surface area contributed by atoms with Crippen molar-refractivity contribution in [2.45, 2.75) is 19.9 Å². The summed E-state index contributed by atoms with van der Waals surface area (Å²) in [5.74, 6) is 0. The zero-order chi connectivity index (χ0) is 10.6. The van der Waals surface area contributed by atoms with Crippen LogP contribution in [-0.2, 0) is 17.7 Å². The van der Waals surface area contributed by atoms with Crippen LogP contribution in [0.4, 0.5) is 0 Å². The molecule has 0 radical (unpaired) electrons. The first-order valence-corrected chi connectivity index (χ1v) is 5.22. The van der Waals surface area contributed by atoms with E-state index in [0.29, 0.717) is 17.6 Å². The molecule has 0 N–H and O–H groups in total. The van der Waals surface area contributed by atoms with E-state index in [1.54, 1.807) is 13.4 Å². The summed E-state index contributed by atoms with van der Waals surface area (Å²) < 4.78 is 6.98. The summed E-state index contributed by atoms with van der Waals surface area (Å²) in [6.07, 6.45) is 2.31. The minimum atomic E-state index is -0.0473. The minimum absolute atomic E-state index is 0.0473. The van der Waals surface area contributed by atoms with Crippen LogP contribution in [0.3, 0.4) is 0 Å². The van der Waals surface area contributed by atoms with Gasteiger partial charge in [0.25, 0.3) is 5.56 Å². The Morgan fingerprint density at radius 2 is 2.36 bits per heavy atom. The molecule has 0 saturated heterocycles. The molecule has 0 amide bonds. The van der Waals surface area contributed by atoms with Crippen molar-refractivity contribution in [3.8, 4) is 0 Å². The van der Waals surface area contributed by atoms with Gasteiger partial charge in [-0.1, -0.05) is 6.92 Å². The van der Waals surface area contributed by atoms with Crippen molar-refractivity contribution in [3.05, 3.63) is 26.8 Å². The second-order valence-corrected chi connectivity index (χ2v) is 3.64. The molecule has 0 aromatic carbocycles. The molecule has 1 aromatic rings. The zero-order valence-corrected chi connectivity index (χ0v) is 9.87. The highest BCUT2D eigenvalue weighted by Gasteiger charge is 2.06. The molecule has 1 rings (SSSR count). The summed E-state index contributed by atoms with van der Waals surface area (Å²) in [5.41, 5.74) is 0.748. The molecule has 0 atom stereocenters. The van der Waals surface area contributed by atoms with Gasteiger partial charge in [-0.3, -0.25) is 9.36 Å². The van der Waals surface area contributed by atoms with Crippen molar-refractivity contribution in [2.24, 2.45) is 0 Å². The van der Waals surface area contributed by atoms with E-state index in [1.807, 2.05) is 6.92 Å².